The molecule has 0 bridgehead atoms. The van der Waals surface area contributed by atoms with Crippen LogP contribution in [0.4, 0.5) is 45.5 Å². The molecule has 6 heterocycles. The number of aryl methyl sites for hydroxylation is 2. The van der Waals surface area contributed by atoms with Crippen molar-refractivity contribution in [2.45, 2.75) is 171 Å². The van der Waals surface area contributed by atoms with E-state index in [-0.39, 0.29) is 46.5 Å². The van der Waals surface area contributed by atoms with Gasteiger partial charge in [-0.05, 0) is 187 Å². The summed E-state index contributed by atoms with van der Waals surface area (Å²) in [4.78, 5) is 11.0. The minimum absolute atomic E-state index is 0.0141. The van der Waals surface area contributed by atoms with Crippen molar-refractivity contribution in [1.29, 1.82) is 0 Å². The number of anilines is 8. The Balaban J connectivity index is 1.16. The van der Waals surface area contributed by atoms with E-state index in [2.05, 4.69) is 255 Å². The van der Waals surface area contributed by atoms with Crippen LogP contribution in [0.2, 0.25) is 0 Å². The first kappa shape index (κ1) is 47.6. The van der Waals surface area contributed by atoms with Gasteiger partial charge in [0.05, 0.1) is 22.7 Å². The minimum atomic E-state index is -0.217. The van der Waals surface area contributed by atoms with Gasteiger partial charge in [-0.15, -0.1) is 0 Å². The van der Waals surface area contributed by atoms with Gasteiger partial charge in [0.2, 0.25) is 0 Å². The van der Waals surface area contributed by atoms with Gasteiger partial charge >= 0.3 is 14.0 Å². The lowest BCUT2D eigenvalue weighted by Crippen LogP contribution is -2.60. The van der Waals surface area contributed by atoms with Gasteiger partial charge in [0.15, 0.2) is 0 Å². The van der Waals surface area contributed by atoms with Crippen LogP contribution in [-0.4, -0.2) is 14.0 Å². The Morgan fingerprint density at radius 2 is 0.649 bits per heavy atom. The van der Waals surface area contributed by atoms with Crippen LogP contribution in [-0.2, 0) is 32.5 Å². The Morgan fingerprint density at radius 3 is 0.973 bits per heavy atom. The number of fused-ring (bicyclic) bond motifs is 20. The Labute approximate surface area is 444 Å². The van der Waals surface area contributed by atoms with Gasteiger partial charge in [0.25, 0.3) is 0 Å². The topological polar surface area (TPSA) is 13.0 Å². The molecular formula is C68H76B2N4. The summed E-state index contributed by atoms with van der Waals surface area (Å²) < 4.78 is 0. The number of hydrogen-bond donors (Lipinski definition) is 0. The van der Waals surface area contributed by atoms with E-state index in [1.54, 1.807) is 0 Å². The number of hydrogen-bond acceptors (Lipinski definition) is 4. The van der Waals surface area contributed by atoms with Crippen molar-refractivity contribution in [2.24, 2.45) is 0 Å². The number of nitrogens with zero attached hydrogens (tertiary/aromatic N) is 4. The van der Waals surface area contributed by atoms with Gasteiger partial charge in [0, 0.05) is 44.7 Å². The Bertz CT molecular complexity index is 3450. The monoisotopic (exact) mass is 971 g/mol. The SMILES string of the molecule is Cc1cc2c3c(c1C)C(C)(C)c1cc(C(C)(C)C)ccc1N3B1c3cc4c(cc3-c3cc(C(C)(C)C)ccc3N12)B1N(c2ccc(C(C)(C)C)cc2-4)c2cc(C)c(C)c3c2N1c1ccc(C(C)(C)C)cc1C3(C)C. The maximum atomic E-state index is 2.77. The summed E-state index contributed by atoms with van der Waals surface area (Å²) in [6.45, 7) is 47.5. The van der Waals surface area contributed by atoms with Crippen LogP contribution < -0.4 is 30.2 Å². The number of benzene rings is 7. The summed E-state index contributed by atoms with van der Waals surface area (Å²) in [6, 6.07) is 40.2. The molecule has 6 aliphatic heterocycles. The van der Waals surface area contributed by atoms with Crippen LogP contribution in [0.5, 0.6) is 0 Å². The molecule has 13 rings (SSSR count). The molecule has 0 unspecified atom stereocenters. The third-order valence-corrected chi connectivity index (χ3v) is 19.0. The van der Waals surface area contributed by atoms with E-state index in [9.17, 15) is 0 Å². The third-order valence-electron chi connectivity index (χ3n) is 19.0. The van der Waals surface area contributed by atoms with Gasteiger partial charge in [0.1, 0.15) is 0 Å². The summed E-state index contributed by atoms with van der Waals surface area (Å²) in [5, 5.41) is 0. The first-order chi connectivity index (χ1) is 34.4. The molecule has 0 fully saturated rings. The van der Waals surface area contributed by atoms with Crippen molar-refractivity contribution in [2.75, 3.05) is 19.2 Å². The van der Waals surface area contributed by atoms with E-state index in [4.69, 9.17) is 0 Å². The highest BCUT2D eigenvalue weighted by Crippen LogP contribution is 2.64. The molecular weight excluding hydrogens is 894 g/mol. The second-order valence-corrected chi connectivity index (χ2v) is 28.6. The maximum Gasteiger partial charge on any atom is 0.421 e. The van der Waals surface area contributed by atoms with Crippen LogP contribution in [0, 0.1) is 27.7 Å². The fourth-order valence-electron chi connectivity index (χ4n) is 14.6. The fourth-order valence-corrected chi connectivity index (χ4v) is 14.6. The molecule has 7 aromatic carbocycles. The molecule has 0 aliphatic carbocycles. The zero-order valence-corrected chi connectivity index (χ0v) is 48.2. The van der Waals surface area contributed by atoms with Crippen LogP contribution in [0.1, 0.15) is 178 Å². The van der Waals surface area contributed by atoms with E-state index < -0.39 is 0 Å². The largest absolute Gasteiger partial charge is 0.421 e. The van der Waals surface area contributed by atoms with Gasteiger partial charge in [-0.25, -0.2) is 0 Å². The summed E-state index contributed by atoms with van der Waals surface area (Å²) in [6.07, 6.45) is 0. The molecule has 0 saturated heterocycles. The molecule has 0 saturated carbocycles. The van der Waals surface area contributed by atoms with E-state index in [0.29, 0.717) is 0 Å². The highest BCUT2D eigenvalue weighted by Gasteiger charge is 2.58. The predicted octanol–water partition coefficient (Wildman–Crippen LogP) is 16.7. The predicted molar refractivity (Wildman–Crippen MR) is 320 cm³/mol. The molecule has 0 atom stereocenters. The number of rotatable bonds is 0. The Morgan fingerprint density at radius 1 is 0.338 bits per heavy atom. The quantitative estimate of drug-likeness (QED) is 0.140. The molecule has 6 heteroatoms. The third kappa shape index (κ3) is 6.06. The summed E-state index contributed by atoms with van der Waals surface area (Å²) in [5.74, 6) is 0. The molecule has 0 N–H and O–H groups in total. The van der Waals surface area contributed by atoms with Crippen LogP contribution in [0.15, 0.2) is 97.1 Å². The average Bonchev–Trinajstić information content (AvgIpc) is 3.83. The summed E-state index contributed by atoms with van der Waals surface area (Å²) in [7, 11) is 0. The smallest absolute Gasteiger partial charge is 0.359 e. The first-order valence-electron chi connectivity index (χ1n) is 27.7. The van der Waals surface area contributed by atoms with Crippen molar-refractivity contribution < 1.29 is 0 Å². The van der Waals surface area contributed by atoms with E-state index >= 15 is 0 Å². The zero-order valence-electron chi connectivity index (χ0n) is 48.2. The van der Waals surface area contributed by atoms with E-state index in [1.165, 1.54) is 145 Å². The summed E-state index contributed by atoms with van der Waals surface area (Å²) in [5.41, 5.74) is 34.8. The lowest BCUT2D eigenvalue weighted by atomic mass is 9.53. The van der Waals surface area contributed by atoms with Crippen LogP contribution in [0.3, 0.4) is 0 Å². The molecule has 374 valence electrons. The maximum absolute atomic E-state index is 2.77. The molecule has 7 aromatic rings. The molecule has 0 radical (unpaired) electrons. The lowest BCUT2D eigenvalue weighted by Gasteiger charge is -2.45. The van der Waals surface area contributed by atoms with E-state index in [0.717, 1.165) is 0 Å². The van der Waals surface area contributed by atoms with Crippen molar-refractivity contribution in [1.82, 2.24) is 0 Å². The van der Waals surface area contributed by atoms with Gasteiger partial charge < -0.3 is 19.2 Å². The highest BCUT2D eigenvalue weighted by molar-refractivity contribution is 6.89. The van der Waals surface area contributed by atoms with Crippen molar-refractivity contribution in [3.63, 3.8) is 0 Å². The first-order valence-corrected chi connectivity index (χ1v) is 27.7. The van der Waals surface area contributed by atoms with Gasteiger partial charge in [-0.3, -0.25) is 0 Å². The molecule has 0 amide bonds. The zero-order chi connectivity index (χ0) is 52.8. The molecule has 74 heavy (non-hydrogen) atoms. The van der Waals surface area contributed by atoms with Gasteiger partial charge in [-0.1, -0.05) is 159 Å². The molecule has 6 aliphatic rings. The van der Waals surface area contributed by atoms with Crippen molar-refractivity contribution >= 4 is 70.4 Å². The van der Waals surface area contributed by atoms with Crippen molar-refractivity contribution in [3.05, 3.63) is 164 Å². The van der Waals surface area contributed by atoms with Crippen LogP contribution in [0.25, 0.3) is 22.3 Å². The molecule has 4 nitrogen and oxygen atoms in total. The fraction of sp³-hybridized carbons (Fsp3) is 0.382. The standard InChI is InChI=1S/C68H76B2N4/c1-37-29-57-61-59(39(37)3)67(17,18)49-33-43(65(11,12)13)23-27-55(49)73(61)69-51-35-46-48-32-42(64(8,9)10)22-26-54(48)72-58-30-38(2)40(4)60-62(58)74(56-28-24-44(66(14,15)16)34-50(56)68(60,19)20)70(72)52(46)36-45(51)47-31-41(63(5,6)7)21-25-53(47)71(57)69/h21-36H,1-20H3. The average molecular weight is 971 g/mol. The van der Waals surface area contributed by atoms with E-state index in [1.807, 2.05) is 0 Å². The minimum Gasteiger partial charge on any atom is -0.359 e. The Hall–Kier alpha value is -6.13. The lowest BCUT2D eigenvalue weighted by molar-refractivity contribution is 0.580. The second kappa shape index (κ2) is 14.4. The molecule has 0 aromatic heterocycles. The van der Waals surface area contributed by atoms with Crippen molar-refractivity contribution in [3.8, 4) is 22.3 Å². The Kier molecular flexibility index (Phi) is 9.27. The van der Waals surface area contributed by atoms with Crippen LogP contribution >= 0.6 is 0 Å². The second-order valence-electron chi connectivity index (χ2n) is 28.6. The highest BCUT2D eigenvalue weighted by atomic mass is 15.3. The van der Waals surface area contributed by atoms with Gasteiger partial charge in [-0.2, -0.15) is 0 Å². The normalized spacial score (nSPS) is 17.0. The molecule has 0 spiro atoms. The summed E-state index contributed by atoms with van der Waals surface area (Å²) >= 11 is 0.